The molecule has 0 aromatic heterocycles. The molecule has 1 aliphatic rings. The van der Waals surface area contributed by atoms with Crippen LogP contribution in [-0.4, -0.2) is 82.4 Å². The second-order valence-electron chi connectivity index (χ2n) is 7.09. The molecule has 1 aliphatic heterocycles. The van der Waals surface area contributed by atoms with Gasteiger partial charge >= 0.3 is 0 Å². The van der Waals surface area contributed by atoms with Crippen molar-refractivity contribution in [2.45, 2.75) is 25.1 Å². The topological polar surface area (TPSA) is 54.0 Å². The Hall–Kier alpha value is -1.47. The summed E-state index contributed by atoms with van der Waals surface area (Å²) in [6.07, 6.45) is 0.679. The molecule has 1 amide bonds. The maximum atomic E-state index is 12.6. The van der Waals surface area contributed by atoms with Gasteiger partial charge in [-0.05, 0) is 52.3 Å². The van der Waals surface area contributed by atoms with Crippen LogP contribution in [0, 0.1) is 0 Å². The number of likely N-dealkylation sites (N-methyl/N-ethyl adjacent to an activating group) is 1. The zero-order valence-corrected chi connectivity index (χ0v) is 15.8. The van der Waals surface area contributed by atoms with Gasteiger partial charge in [-0.15, -0.1) is 0 Å². The molecule has 1 heterocycles. The van der Waals surface area contributed by atoms with E-state index < -0.39 is 0 Å². The van der Waals surface area contributed by atoms with Gasteiger partial charge in [-0.2, -0.15) is 0 Å². The normalized spacial score (nSPS) is 20.9. The van der Waals surface area contributed by atoms with Crippen LogP contribution in [0.1, 0.15) is 22.3 Å². The van der Waals surface area contributed by atoms with Gasteiger partial charge in [0.05, 0.1) is 19.3 Å². The van der Waals surface area contributed by atoms with Crippen molar-refractivity contribution >= 4 is 5.91 Å². The monoisotopic (exact) mass is 349 g/mol. The largest absolute Gasteiger partial charge is 0.379 e. The van der Waals surface area contributed by atoms with Crippen molar-refractivity contribution in [2.75, 3.05) is 54.6 Å². The van der Waals surface area contributed by atoms with E-state index in [2.05, 4.69) is 15.1 Å². The van der Waals surface area contributed by atoms with E-state index in [1.54, 1.807) is 0 Å². The lowest BCUT2D eigenvalue weighted by Gasteiger charge is -2.32. The van der Waals surface area contributed by atoms with Crippen LogP contribution in [-0.2, 0) is 16.0 Å². The van der Waals surface area contributed by atoms with Crippen LogP contribution in [0.3, 0.4) is 0 Å². The number of hydrogen-bond donors (Lipinski definition) is 1. The summed E-state index contributed by atoms with van der Waals surface area (Å²) in [4.78, 5) is 16.8. The summed E-state index contributed by atoms with van der Waals surface area (Å²) < 4.78 is 11.5. The van der Waals surface area contributed by atoms with Crippen molar-refractivity contribution in [3.8, 4) is 0 Å². The van der Waals surface area contributed by atoms with Gasteiger partial charge in [-0.3, -0.25) is 4.79 Å². The highest BCUT2D eigenvalue weighted by atomic mass is 16.5. The van der Waals surface area contributed by atoms with E-state index >= 15 is 0 Å². The molecule has 0 radical (unpaired) electrons. The molecule has 1 saturated heterocycles. The Kier molecular flexibility index (Phi) is 7.84. The first-order valence-electron chi connectivity index (χ1n) is 8.84. The van der Waals surface area contributed by atoms with Crippen LogP contribution in [0.5, 0.6) is 0 Å². The van der Waals surface area contributed by atoms with Gasteiger partial charge in [-0.25, -0.2) is 0 Å². The van der Waals surface area contributed by atoms with Crippen molar-refractivity contribution in [3.63, 3.8) is 0 Å². The van der Waals surface area contributed by atoms with Gasteiger partial charge in [0.2, 0.25) is 0 Å². The van der Waals surface area contributed by atoms with Gasteiger partial charge in [0.1, 0.15) is 6.10 Å². The molecule has 1 aromatic carbocycles. The maximum absolute atomic E-state index is 12.6. The third kappa shape index (κ3) is 6.74. The van der Waals surface area contributed by atoms with Crippen molar-refractivity contribution in [2.24, 2.45) is 0 Å². The van der Waals surface area contributed by atoms with Crippen LogP contribution >= 0.6 is 0 Å². The summed E-state index contributed by atoms with van der Waals surface area (Å²) in [6, 6.07) is 7.77. The minimum atomic E-state index is -0.0948. The highest BCUT2D eigenvalue weighted by molar-refractivity contribution is 5.94. The maximum Gasteiger partial charge on any atom is 0.251 e. The zero-order valence-electron chi connectivity index (χ0n) is 15.8. The molecule has 1 aromatic rings. The molecule has 0 aliphatic carbocycles. The summed E-state index contributed by atoms with van der Waals surface area (Å²) in [7, 11) is 8.07. The molecule has 2 atom stereocenters. The predicted molar refractivity (Wildman–Crippen MR) is 98.8 cm³/mol. The SMILES string of the molecule is CN(C)CCO[C@@H]1COCC[C@H]1NC(=O)c1cccc(CN(C)C)c1. The third-order valence-electron chi connectivity index (χ3n) is 4.18. The second-order valence-corrected chi connectivity index (χ2v) is 7.09. The molecular formula is C19H31N3O3. The van der Waals surface area contributed by atoms with Gasteiger partial charge in [0.25, 0.3) is 5.91 Å². The molecule has 6 nitrogen and oxygen atoms in total. The molecular weight excluding hydrogens is 318 g/mol. The average molecular weight is 349 g/mol. The number of ether oxygens (including phenoxy) is 2. The lowest BCUT2D eigenvalue weighted by atomic mass is 10.0. The smallest absolute Gasteiger partial charge is 0.251 e. The standard InChI is InChI=1S/C19H31N3O3/c1-21(2)9-11-25-18-14-24-10-8-17(18)20-19(23)16-7-5-6-15(12-16)13-22(3)4/h5-7,12,17-18H,8-11,13-14H2,1-4H3,(H,20,23)/t17-,18-/m1/s1. The molecule has 0 saturated carbocycles. The summed E-state index contributed by atoms with van der Waals surface area (Å²) in [5.41, 5.74) is 1.82. The molecule has 1 fully saturated rings. The quantitative estimate of drug-likeness (QED) is 0.765. The number of carbonyl (C=O) groups excluding carboxylic acids is 1. The first kappa shape index (κ1) is 19.8. The third-order valence-corrected chi connectivity index (χ3v) is 4.18. The number of carbonyl (C=O) groups is 1. The molecule has 0 unspecified atom stereocenters. The van der Waals surface area contributed by atoms with Gasteiger partial charge in [-0.1, -0.05) is 12.1 Å². The van der Waals surface area contributed by atoms with Gasteiger partial charge < -0.3 is 24.6 Å². The predicted octanol–water partition coefficient (Wildman–Crippen LogP) is 1.21. The fourth-order valence-corrected chi connectivity index (χ4v) is 2.86. The first-order valence-corrected chi connectivity index (χ1v) is 8.84. The number of nitrogens with one attached hydrogen (secondary N) is 1. The molecule has 0 bridgehead atoms. The van der Waals surface area contributed by atoms with Crippen LogP contribution < -0.4 is 5.32 Å². The summed E-state index contributed by atoms with van der Waals surface area (Å²) in [5, 5.41) is 3.13. The average Bonchev–Trinajstić information content (AvgIpc) is 2.55. The number of hydrogen-bond acceptors (Lipinski definition) is 5. The van der Waals surface area contributed by atoms with Gasteiger partial charge in [0, 0.05) is 25.3 Å². The minimum Gasteiger partial charge on any atom is -0.379 e. The van der Waals surface area contributed by atoms with Crippen LogP contribution in [0.15, 0.2) is 24.3 Å². The Balaban J connectivity index is 1.94. The Labute approximate surface area is 151 Å². The minimum absolute atomic E-state index is 0.0130. The van der Waals surface area contributed by atoms with Gasteiger partial charge in [0.15, 0.2) is 0 Å². The Morgan fingerprint density at radius 2 is 2.08 bits per heavy atom. The first-order chi connectivity index (χ1) is 12.0. The molecule has 140 valence electrons. The molecule has 6 heteroatoms. The fraction of sp³-hybridized carbons (Fsp3) is 0.632. The van der Waals surface area contributed by atoms with E-state index in [-0.39, 0.29) is 18.1 Å². The molecule has 0 spiro atoms. The summed E-state index contributed by atoms with van der Waals surface area (Å²) in [6.45, 7) is 3.47. The number of nitrogens with zero attached hydrogens (tertiary/aromatic N) is 2. The number of benzene rings is 1. The fourth-order valence-electron chi connectivity index (χ4n) is 2.86. The molecule has 2 rings (SSSR count). The summed E-state index contributed by atoms with van der Waals surface area (Å²) >= 11 is 0. The lowest BCUT2D eigenvalue weighted by Crippen LogP contribution is -2.50. The Morgan fingerprint density at radius 3 is 2.80 bits per heavy atom. The summed E-state index contributed by atoms with van der Waals surface area (Å²) in [5.74, 6) is -0.0475. The van der Waals surface area contributed by atoms with Crippen LogP contribution in [0.25, 0.3) is 0 Å². The van der Waals surface area contributed by atoms with E-state index in [1.807, 2.05) is 52.5 Å². The number of amides is 1. The van der Waals surface area contributed by atoms with E-state index in [4.69, 9.17) is 9.47 Å². The van der Waals surface area contributed by atoms with E-state index in [1.165, 1.54) is 0 Å². The second kappa shape index (κ2) is 9.87. The van der Waals surface area contributed by atoms with Crippen LogP contribution in [0.2, 0.25) is 0 Å². The molecule has 1 N–H and O–H groups in total. The Bertz CT molecular complexity index is 548. The van der Waals surface area contributed by atoms with E-state index in [9.17, 15) is 4.79 Å². The molecule has 25 heavy (non-hydrogen) atoms. The zero-order chi connectivity index (χ0) is 18.2. The van der Waals surface area contributed by atoms with Crippen molar-refractivity contribution < 1.29 is 14.3 Å². The van der Waals surface area contributed by atoms with Crippen molar-refractivity contribution in [3.05, 3.63) is 35.4 Å². The van der Waals surface area contributed by atoms with Crippen LogP contribution in [0.4, 0.5) is 0 Å². The van der Waals surface area contributed by atoms with E-state index in [0.29, 0.717) is 25.4 Å². The lowest BCUT2D eigenvalue weighted by molar-refractivity contribution is -0.0690. The van der Waals surface area contributed by atoms with E-state index in [0.717, 1.165) is 25.1 Å². The highest BCUT2D eigenvalue weighted by Crippen LogP contribution is 2.14. The Morgan fingerprint density at radius 1 is 1.28 bits per heavy atom. The van der Waals surface area contributed by atoms with Crippen molar-refractivity contribution in [1.82, 2.24) is 15.1 Å². The highest BCUT2D eigenvalue weighted by Gasteiger charge is 2.28. The number of rotatable bonds is 8. The van der Waals surface area contributed by atoms with Crippen molar-refractivity contribution in [1.29, 1.82) is 0 Å².